The van der Waals surface area contributed by atoms with Crippen LogP contribution in [0.25, 0.3) is 5.70 Å². The van der Waals surface area contributed by atoms with Crippen molar-refractivity contribution in [1.82, 2.24) is 10.6 Å². The molecule has 2 aromatic carbocycles. The number of esters is 1. The predicted molar refractivity (Wildman–Crippen MR) is 93.4 cm³/mol. The van der Waals surface area contributed by atoms with Gasteiger partial charge in [0, 0.05) is 0 Å². The number of rotatable bonds is 3. The molecule has 0 aliphatic carbocycles. The third-order valence-corrected chi connectivity index (χ3v) is 3.89. The van der Waals surface area contributed by atoms with Crippen LogP contribution in [0.2, 0.25) is 0 Å². The molecule has 5 heteroatoms. The molecule has 0 spiro atoms. The van der Waals surface area contributed by atoms with Crippen molar-refractivity contribution in [1.29, 1.82) is 0 Å². The molecule has 23 heavy (non-hydrogen) atoms. The van der Waals surface area contributed by atoms with Crippen LogP contribution < -0.4 is 10.6 Å². The molecule has 2 N–H and O–H groups in total. The maximum atomic E-state index is 12.4. The Hall–Kier alpha value is -2.66. The van der Waals surface area contributed by atoms with Crippen molar-refractivity contribution >= 4 is 29.0 Å². The van der Waals surface area contributed by atoms with Crippen LogP contribution in [0.4, 0.5) is 0 Å². The van der Waals surface area contributed by atoms with Crippen molar-refractivity contribution in [2.45, 2.75) is 6.04 Å². The van der Waals surface area contributed by atoms with E-state index in [0.29, 0.717) is 16.4 Å². The molecule has 3 rings (SSSR count). The van der Waals surface area contributed by atoms with Crippen molar-refractivity contribution < 1.29 is 9.53 Å². The summed E-state index contributed by atoms with van der Waals surface area (Å²) in [5, 5.41) is 6.73. The zero-order valence-electron chi connectivity index (χ0n) is 12.6. The van der Waals surface area contributed by atoms with E-state index < -0.39 is 0 Å². The summed E-state index contributed by atoms with van der Waals surface area (Å²) in [7, 11) is 1.38. The van der Waals surface area contributed by atoms with Gasteiger partial charge in [-0.15, -0.1) is 0 Å². The van der Waals surface area contributed by atoms with Crippen molar-refractivity contribution in [3.8, 4) is 0 Å². The van der Waals surface area contributed by atoms with Gasteiger partial charge < -0.3 is 15.4 Å². The molecule has 1 aliphatic rings. The van der Waals surface area contributed by atoms with E-state index in [4.69, 9.17) is 17.0 Å². The fourth-order valence-electron chi connectivity index (χ4n) is 2.62. The normalized spacial score (nSPS) is 17.3. The molecular formula is C18H16N2O2S. The van der Waals surface area contributed by atoms with Gasteiger partial charge in [0.1, 0.15) is 0 Å². The maximum absolute atomic E-state index is 12.4. The van der Waals surface area contributed by atoms with Crippen LogP contribution in [0.1, 0.15) is 17.2 Å². The Balaban J connectivity index is 2.19. The average molecular weight is 324 g/mol. The Bertz CT molecular complexity index is 757. The van der Waals surface area contributed by atoms with E-state index in [1.807, 2.05) is 60.7 Å². The molecule has 0 fully saturated rings. The van der Waals surface area contributed by atoms with Gasteiger partial charge in [-0.1, -0.05) is 60.7 Å². The second kappa shape index (κ2) is 6.62. The zero-order valence-corrected chi connectivity index (χ0v) is 13.4. The smallest absolute Gasteiger partial charge is 0.338 e. The topological polar surface area (TPSA) is 50.4 Å². The van der Waals surface area contributed by atoms with Crippen molar-refractivity contribution in [2.75, 3.05) is 7.11 Å². The van der Waals surface area contributed by atoms with Crippen LogP contribution in [-0.4, -0.2) is 18.2 Å². The Kier molecular flexibility index (Phi) is 4.39. The SMILES string of the molecule is COC(=O)C1=C(c2ccccc2)NC(=S)N[C@H]1c1ccccc1. The number of methoxy groups -OCH3 is 1. The summed E-state index contributed by atoms with van der Waals surface area (Å²) in [4.78, 5) is 12.4. The number of ether oxygens (including phenoxy) is 1. The van der Waals surface area contributed by atoms with Crippen molar-refractivity contribution in [3.63, 3.8) is 0 Å². The monoisotopic (exact) mass is 324 g/mol. The first-order valence-corrected chi connectivity index (χ1v) is 7.62. The number of carbonyl (C=O) groups excluding carboxylic acids is 1. The van der Waals surface area contributed by atoms with E-state index in [1.54, 1.807) is 0 Å². The van der Waals surface area contributed by atoms with Gasteiger partial charge in [-0.2, -0.15) is 0 Å². The molecule has 1 heterocycles. The molecule has 0 unspecified atom stereocenters. The minimum absolute atomic E-state index is 0.354. The molecule has 0 radical (unpaired) electrons. The molecular weight excluding hydrogens is 308 g/mol. The van der Waals surface area contributed by atoms with Crippen LogP contribution in [0.5, 0.6) is 0 Å². The zero-order chi connectivity index (χ0) is 16.2. The Labute approximate surface area is 140 Å². The van der Waals surface area contributed by atoms with Gasteiger partial charge in [-0.05, 0) is 23.3 Å². The van der Waals surface area contributed by atoms with Gasteiger partial charge in [0.25, 0.3) is 0 Å². The molecule has 1 aliphatic heterocycles. The van der Waals surface area contributed by atoms with Gasteiger partial charge in [0.15, 0.2) is 5.11 Å². The number of carbonyl (C=O) groups is 1. The maximum Gasteiger partial charge on any atom is 0.338 e. The van der Waals surface area contributed by atoms with Crippen LogP contribution >= 0.6 is 12.2 Å². The van der Waals surface area contributed by atoms with E-state index in [-0.39, 0.29) is 12.0 Å². The van der Waals surface area contributed by atoms with Gasteiger partial charge in [-0.25, -0.2) is 4.79 Å². The van der Waals surface area contributed by atoms with Crippen molar-refractivity contribution in [3.05, 3.63) is 77.4 Å². The predicted octanol–water partition coefficient (Wildman–Crippen LogP) is 2.79. The fraction of sp³-hybridized carbons (Fsp3) is 0.111. The summed E-state index contributed by atoms with van der Waals surface area (Å²) in [6.45, 7) is 0. The lowest BCUT2D eigenvalue weighted by atomic mass is 9.93. The Morgan fingerprint density at radius 1 is 1.04 bits per heavy atom. The highest BCUT2D eigenvalue weighted by Gasteiger charge is 2.32. The number of hydrogen-bond acceptors (Lipinski definition) is 3. The summed E-state index contributed by atoms with van der Waals surface area (Å²) in [5.74, 6) is -0.389. The van der Waals surface area contributed by atoms with Gasteiger partial charge in [0.05, 0.1) is 24.4 Å². The summed E-state index contributed by atoms with van der Waals surface area (Å²) < 4.78 is 5.01. The van der Waals surface area contributed by atoms with E-state index in [0.717, 1.165) is 11.1 Å². The highest BCUT2D eigenvalue weighted by molar-refractivity contribution is 7.80. The molecule has 116 valence electrons. The minimum Gasteiger partial charge on any atom is -0.466 e. The standard InChI is InChI=1S/C18H16N2O2S/c1-22-17(21)14-15(12-8-4-2-5-9-12)19-18(23)20-16(14)13-10-6-3-7-11-13/h2-11,15H,1H3,(H2,19,20,23)/t15-/m0/s1. The third kappa shape index (κ3) is 3.10. The number of nitrogens with one attached hydrogen (secondary N) is 2. The van der Waals surface area contributed by atoms with Crippen LogP contribution in [0.15, 0.2) is 66.2 Å². The largest absolute Gasteiger partial charge is 0.466 e. The van der Waals surface area contributed by atoms with Crippen LogP contribution in [0, 0.1) is 0 Å². The molecule has 2 aromatic rings. The van der Waals surface area contributed by atoms with Gasteiger partial charge in [-0.3, -0.25) is 0 Å². The van der Waals surface area contributed by atoms with E-state index in [1.165, 1.54) is 7.11 Å². The average Bonchev–Trinajstić information content (AvgIpc) is 2.62. The van der Waals surface area contributed by atoms with E-state index >= 15 is 0 Å². The first-order chi connectivity index (χ1) is 11.2. The quantitative estimate of drug-likeness (QED) is 0.672. The van der Waals surface area contributed by atoms with Crippen LogP contribution in [0.3, 0.4) is 0 Å². The molecule has 0 amide bonds. The lowest BCUT2D eigenvalue weighted by Crippen LogP contribution is -2.45. The second-order valence-electron chi connectivity index (χ2n) is 5.09. The Morgan fingerprint density at radius 3 is 2.26 bits per heavy atom. The molecule has 4 nitrogen and oxygen atoms in total. The van der Waals surface area contributed by atoms with Gasteiger partial charge >= 0.3 is 5.97 Å². The number of benzene rings is 2. The first kappa shape index (κ1) is 15.2. The van der Waals surface area contributed by atoms with Gasteiger partial charge in [0.2, 0.25) is 0 Å². The molecule has 0 saturated carbocycles. The fourth-order valence-corrected chi connectivity index (χ4v) is 2.84. The molecule has 0 bridgehead atoms. The summed E-state index contributed by atoms with van der Waals surface area (Å²) >= 11 is 5.33. The first-order valence-electron chi connectivity index (χ1n) is 7.21. The number of thiocarbonyl (C=S) groups is 1. The molecule has 0 aromatic heterocycles. The Morgan fingerprint density at radius 2 is 1.65 bits per heavy atom. The number of hydrogen-bond donors (Lipinski definition) is 2. The van der Waals surface area contributed by atoms with E-state index in [2.05, 4.69) is 10.6 Å². The third-order valence-electron chi connectivity index (χ3n) is 3.67. The second-order valence-corrected chi connectivity index (χ2v) is 5.50. The van der Waals surface area contributed by atoms with Crippen molar-refractivity contribution in [2.24, 2.45) is 0 Å². The minimum atomic E-state index is -0.389. The lowest BCUT2D eigenvalue weighted by molar-refractivity contribution is -0.136. The lowest BCUT2D eigenvalue weighted by Gasteiger charge is -2.31. The highest BCUT2D eigenvalue weighted by atomic mass is 32.1. The summed E-state index contributed by atoms with van der Waals surface area (Å²) in [6.07, 6.45) is 0. The van der Waals surface area contributed by atoms with E-state index in [9.17, 15) is 4.79 Å². The molecule has 1 atom stereocenters. The highest BCUT2D eigenvalue weighted by Crippen LogP contribution is 2.31. The van der Waals surface area contributed by atoms with Crippen LogP contribution in [-0.2, 0) is 9.53 Å². The molecule has 0 saturated heterocycles. The summed E-state index contributed by atoms with van der Waals surface area (Å²) in [6, 6.07) is 19.0. The summed E-state index contributed by atoms with van der Waals surface area (Å²) in [5.41, 5.74) is 3.02.